The normalized spacial score (nSPS) is 17.8. The van der Waals surface area contributed by atoms with Gasteiger partial charge in [0.05, 0.1) is 12.1 Å². The van der Waals surface area contributed by atoms with E-state index in [1.807, 2.05) is 0 Å². The van der Waals surface area contributed by atoms with Gasteiger partial charge in [0.2, 0.25) is 0 Å². The minimum atomic E-state index is -4.35. The minimum absolute atomic E-state index is 0.0812. The molecule has 1 heterocycles. The third-order valence-corrected chi connectivity index (χ3v) is 3.06. The second kappa shape index (κ2) is 5.24. The van der Waals surface area contributed by atoms with Gasteiger partial charge in [0.25, 0.3) is 5.91 Å². The molecule has 0 bridgehead atoms. The number of aryl methyl sites for hydroxylation is 1. The molecule has 1 aliphatic heterocycles. The quantitative estimate of drug-likeness (QED) is 0.673. The van der Waals surface area contributed by atoms with Crippen LogP contribution in [0.2, 0.25) is 0 Å². The van der Waals surface area contributed by atoms with Crippen LogP contribution in [0.4, 0.5) is 18.9 Å². The maximum Gasteiger partial charge on any atom is 0.392 e. The van der Waals surface area contributed by atoms with Crippen LogP contribution < -0.4 is 10.2 Å². The number of nitrogens with one attached hydrogen (secondary N) is 1. The van der Waals surface area contributed by atoms with Crippen molar-refractivity contribution in [3.8, 4) is 0 Å². The van der Waals surface area contributed by atoms with E-state index >= 15 is 0 Å². The molecule has 1 N–H and O–H groups in total. The van der Waals surface area contributed by atoms with Gasteiger partial charge in [-0.25, -0.2) is 0 Å². The van der Waals surface area contributed by atoms with E-state index in [1.165, 1.54) is 4.90 Å². The standard InChI is InChI=1S/C13H11F3N2OS/c1-8-4-2-3-5-10(8)18-11(19)9(17-12(18)20)6-7-13(14,15)16/h2-6H,7H2,1H3,(H,17,20)/b9-6+. The minimum Gasteiger partial charge on any atom is -0.328 e. The maximum atomic E-state index is 12.2. The van der Waals surface area contributed by atoms with E-state index in [9.17, 15) is 18.0 Å². The van der Waals surface area contributed by atoms with Gasteiger partial charge in [0, 0.05) is 0 Å². The van der Waals surface area contributed by atoms with Gasteiger partial charge in [-0.2, -0.15) is 13.2 Å². The number of rotatable bonds is 2. The highest BCUT2D eigenvalue weighted by Gasteiger charge is 2.34. The van der Waals surface area contributed by atoms with E-state index in [2.05, 4.69) is 5.32 Å². The Bertz CT molecular complexity index is 596. The SMILES string of the molecule is Cc1ccccc1N1C(=O)/C(=C\CC(F)(F)F)NC1=S. The third kappa shape index (κ3) is 2.98. The van der Waals surface area contributed by atoms with E-state index in [-0.39, 0.29) is 10.8 Å². The Morgan fingerprint density at radius 1 is 1.35 bits per heavy atom. The molecule has 7 heteroatoms. The summed E-state index contributed by atoms with van der Waals surface area (Å²) in [5.74, 6) is -0.575. The molecule has 1 aromatic rings. The summed E-state index contributed by atoms with van der Waals surface area (Å²) < 4.78 is 36.6. The average Bonchev–Trinajstić information content (AvgIpc) is 2.62. The smallest absolute Gasteiger partial charge is 0.328 e. The molecule has 0 spiro atoms. The number of hydrogen-bond acceptors (Lipinski definition) is 2. The number of anilines is 1. The zero-order valence-corrected chi connectivity index (χ0v) is 11.3. The van der Waals surface area contributed by atoms with Crippen molar-refractivity contribution in [1.29, 1.82) is 0 Å². The van der Waals surface area contributed by atoms with Crippen molar-refractivity contribution in [3.05, 3.63) is 41.6 Å². The van der Waals surface area contributed by atoms with E-state index in [0.717, 1.165) is 11.6 Å². The van der Waals surface area contributed by atoms with E-state index in [1.54, 1.807) is 31.2 Å². The molecule has 20 heavy (non-hydrogen) atoms. The van der Waals surface area contributed by atoms with Crippen molar-refractivity contribution in [2.45, 2.75) is 19.5 Å². The number of carbonyl (C=O) groups is 1. The number of allylic oxidation sites excluding steroid dienone is 1. The Morgan fingerprint density at radius 2 is 2.00 bits per heavy atom. The first kappa shape index (κ1) is 14.5. The summed E-state index contributed by atoms with van der Waals surface area (Å²) in [4.78, 5) is 13.3. The van der Waals surface area contributed by atoms with E-state index in [4.69, 9.17) is 12.2 Å². The molecule has 1 aromatic carbocycles. The zero-order valence-electron chi connectivity index (χ0n) is 10.5. The molecule has 1 saturated heterocycles. The van der Waals surface area contributed by atoms with Crippen LogP contribution in [0.5, 0.6) is 0 Å². The van der Waals surface area contributed by atoms with Crippen LogP contribution >= 0.6 is 12.2 Å². The number of nitrogens with zero attached hydrogens (tertiary/aromatic N) is 1. The first-order valence-corrected chi connectivity index (χ1v) is 6.18. The molecule has 1 fully saturated rings. The number of halogens is 3. The second-order valence-corrected chi connectivity index (χ2v) is 4.68. The average molecular weight is 300 g/mol. The van der Waals surface area contributed by atoms with Crippen LogP contribution in [-0.2, 0) is 4.79 Å². The monoisotopic (exact) mass is 300 g/mol. The number of thiocarbonyl (C=S) groups is 1. The van der Waals surface area contributed by atoms with Gasteiger partial charge >= 0.3 is 6.18 Å². The summed E-state index contributed by atoms with van der Waals surface area (Å²) >= 11 is 5.02. The van der Waals surface area contributed by atoms with Crippen LogP contribution in [-0.4, -0.2) is 17.2 Å². The molecule has 0 atom stereocenters. The Kier molecular flexibility index (Phi) is 3.80. The summed E-state index contributed by atoms with van der Waals surface area (Å²) in [6, 6.07) is 7.02. The number of para-hydroxylation sites is 1. The molecule has 106 valence electrons. The second-order valence-electron chi connectivity index (χ2n) is 4.29. The van der Waals surface area contributed by atoms with Gasteiger partial charge in [-0.05, 0) is 36.8 Å². The number of carbonyl (C=O) groups excluding carboxylic acids is 1. The van der Waals surface area contributed by atoms with Crippen molar-refractivity contribution >= 4 is 28.9 Å². The van der Waals surface area contributed by atoms with E-state index in [0.29, 0.717) is 5.69 Å². The van der Waals surface area contributed by atoms with Gasteiger partial charge in [-0.1, -0.05) is 18.2 Å². The highest BCUT2D eigenvalue weighted by molar-refractivity contribution is 7.80. The van der Waals surface area contributed by atoms with Gasteiger partial charge < -0.3 is 5.32 Å². The lowest BCUT2D eigenvalue weighted by Gasteiger charge is -2.16. The molecule has 0 unspecified atom stereocenters. The third-order valence-electron chi connectivity index (χ3n) is 2.77. The molecule has 0 aliphatic carbocycles. The lowest BCUT2D eigenvalue weighted by molar-refractivity contribution is -0.125. The Morgan fingerprint density at radius 3 is 2.60 bits per heavy atom. The summed E-state index contributed by atoms with van der Waals surface area (Å²) in [6.45, 7) is 1.79. The molecule has 2 rings (SSSR count). The van der Waals surface area contributed by atoms with Crippen LogP contribution in [0.1, 0.15) is 12.0 Å². The molecule has 1 aliphatic rings. The van der Waals surface area contributed by atoms with Crippen molar-refractivity contribution in [1.82, 2.24) is 5.32 Å². The van der Waals surface area contributed by atoms with Crippen molar-refractivity contribution in [2.24, 2.45) is 0 Å². The number of hydrogen-bond donors (Lipinski definition) is 1. The molecule has 0 saturated carbocycles. The molecule has 0 aromatic heterocycles. The molecule has 1 amide bonds. The van der Waals surface area contributed by atoms with Gasteiger partial charge in [0.15, 0.2) is 5.11 Å². The van der Waals surface area contributed by atoms with Gasteiger partial charge in [0.1, 0.15) is 5.70 Å². The van der Waals surface area contributed by atoms with Crippen LogP contribution in [0.25, 0.3) is 0 Å². The zero-order chi connectivity index (χ0) is 14.9. The topological polar surface area (TPSA) is 32.3 Å². The fraction of sp³-hybridized carbons (Fsp3) is 0.231. The molecular weight excluding hydrogens is 289 g/mol. The summed E-state index contributed by atoms with van der Waals surface area (Å²) in [5, 5.41) is 2.60. The predicted molar refractivity (Wildman–Crippen MR) is 73.2 cm³/mol. The first-order chi connectivity index (χ1) is 9.29. The van der Waals surface area contributed by atoms with Crippen molar-refractivity contribution in [3.63, 3.8) is 0 Å². The van der Waals surface area contributed by atoms with Crippen LogP contribution in [0.3, 0.4) is 0 Å². The van der Waals surface area contributed by atoms with Gasteiger partial charge in [-0.3, -0.25) is 9.69 Å². The maximum absolute atomic E-state index is 12.2. The van der Waals surface area contributed by atoms with E-state index < -0.39 is 18.5 Å². The predicted octanol–water partition coefficient (Wildman–Crippen LogP) is 3.05. The van der Waals surface area contributed by atoms with Crippen molar-refractivity contribution in [2.75, 3.05) is 4.90 Å². The largest absolute Gasteiger partial charge is 0.392 e. The summed E-state index contributed by atoms with van der Waals surface area (Å²) in [5.41, 5.74) is 1.23. The Labute approximate surface area is 119 Å². The Balaban J connectivity index is 2.29. The van der Waals surface area contributed by atoms with Crippen molar-refractivity contribution < 1.29 is 18.0 Å². The Hall–Kier alpha value is -1.89. The lowest BCUT2D eigenvalue weighted by atomic mass is 10.2. The number of benzene rings is 1. The number of amides is 1. The fourth-order valence-corrected chi connectivity index (χ4v) is 2.12. The van der Waals surface area contributed by atoms with Crippen LogP contribution in [0, 0.1) is 6.92 Å². The molecule has 3 nitrogen and oxygen atoms in total. The highest BCUT2D eigenvalue weighted by atomic mass is 32.1. The lowest BCUT2D eigenvalue weighted by Crippen LogP contribution is -2.30. The molecular formula is C13H11F3N2OS. The summed E-state index contributed by atoms with van der Waals surface area (Å²) in [6.07, 6.45) is -4.72. The highest BCUT2D eigenvalue weighted by Crippen LogP contribution is 2.26. The van der Waals surface area contributed by atoms with Gasteiger partial charge in [-0.15, -0.1) is 0 Å². The fourth-order valence-electron chi connectivity index (χ4n) is 1.83. The first-order valence-electron chi connectivity index (χ1n) is 5.77. The van der Waals surface area contributed by atoms with Crippen LogP contribution in [0.15, 0.2) is 36.0 Å². The number of alkyl halides is 3. The summed E-state index contributed by atoms with van der Waals surface area (Å²) in [7, 11) is 0. The molecule has 0 radical (unpaired) electrons.